The first-order valence-corrected chi connectivity index (χ1v) is 11.5. The first-order chi connectivity index (χ1) is 15.0. The lowest BCUT2D eigenvalue weighted by molar-refractivity contribution is -0.125. The summed E-state index contributed by atoms with van der Waals surface area (Å²) in [5, 5.41) is 5.00. The van der Waals surface area contributed by atoms with Crippen molar-refractivity contribution < 1.29 is 9.53 Å². The van der Waals surface area contributed by atoms with Crippen LogP contribution >= 0.6 is 11.3 Å². The van der Waals surface area contributed by atoms with E-state index in [0.29, 0.717) is 35.2 Å². The number of carbonyl (C=O) groups excluding carboxylic acids is 1. The zero-order valence-corrected chi connectivity index (χ0v) is 18.9. The minimum absolute atomic E-state index is 0.0782. The second-order valence-corrected chi connectivity index (χ2v) is 9.25. The average molecular weight is 441 g/mol. The lowest BCUT2D eigenvalue weighted by Crippen LogP contribution is -2.44. The van der Waals surface area contributed by atoms with E-state index < -0.39 is 0 Å². The van der Waals surface area contributed by atoms with Crippen molar-refractivity contribution in [2.24, 2.45) is 11.8 Å². The van der Waals surface area contributed by atoms with Crippen LogP contribution in [0.1, 0.15) is 26.7 Å². The molecule has 1 fully saturated rings. The van der Waals surface area contributed by atoms with Crippen LogP contribution in [0.3, 0.4) is 0 Å². The van der Waals surface area contributed by atoms with Crippen LogP contribution in [0.4, 0.5) is 5.95 Å². The first kappa shape index (κ1) is 21.4. The van der Waals surface area contributed by atoms with Gasteiger partial charge in [-0.05, 0) is 36.5 Å². The monoisotopic (exact) mass is 440 g/mol. The van der Waals surface area contributed by atoms with Gasteiger partial charge in [-0.2, -0.15) is 0 Å². The molecule has 0 radical (unpaired) electrons. The quantitative estimate of drug-likeness (QED) is 0.611. The second-order valence-electron chi connectivity index (χ2n) is 8.37. The van der Waals surface area contributed by atoms with E-state index in [9.17, 15) is 9.59 Å². The van der Waals surface area contributed by atoms with Gasteiger partial charge < -0.3 is 15.0 Å². The number of benzene rings is 1. The fraction of sp³-hybridized carbons (Fsp3) is 0.435. The fourth-order valence-corrected chi connectivity index (χ4v) is 4.80. The topological polar surface area (TPSA) is 87.3 Å². The Labute approximate surface area is 185 Å². The molecule has 2 aromatic heterocycles. The van der Waals surface area contributed by atoms with E-state index in [2.05, 4.69) is 24.1 Å². The number of nitrogens with zero attached hydrogens (tertiary/aromatic N) is 2. The van der Waals surface area contributed by atoms with Crippen LogP contribution in [-0.4, -0.2) is 42.6 Å². The molecule has 2 N–H and O–H groups in total. The summed E-state index contributed by atoms with van der Waals surface area (Å²) < 4.78 is 5.95. The minimum Gasteiger partial charge on any atom is -0.497 e. The zero-order valence-electron chi connectivity index (χ0n) is 18.1. The van der Waals surface area contributed by atoms with Gasteiger partial charge in [0.1, 0.15) is 10.4 Å². The molecule has 3 aromatic rings. The lowest BCUT2D eigenvalue weighted by Gasteiger charge is -2.32. The summed E-state index contributed by atoms with van der Waals surface area (Å²) in [6, 6.07) is 7.75. The van der Waals surface area contributed by atoms with E-state index in [1.165, 1.54) is 11.3 Å². The first-order valence-electron chi connectivity index (χ1n) is 10.6. The number of hydrogen-bond acceptors (Lipinski definition) is 6. The largest absolute Gasteiger partial charge is 0.497 e. The Morgan fingerprint density at radius 1 is 1.42 bits per heavy atom. The molecular formula is C23H28N4O3S. The normalized spacial score (nSPS) is 16.6. The molecule has 0 saturated carbocycles. The number of anilines is 1. The lowest BCUT2D eigenvalue weighted by atomic mass is 9.97. The van der Waals surface area contributed by atoms with Crippen molar-refractivity contribution in [3.8, 4) is 16.9 Å². The highest BCUT2D eigenvalue weighted by Crippen LogP contribution is 2.33. The van der Waals surface area contributed by atoms with Gasteiger partial charge in [-0.25, -0.2) is 4.98 Å². The Kier molecular flexibility index (Phi) is 6.27. The van der Waals surface area contributed by atoms with Gasteiger partial charge in [0.2, 0.25) is 11.9 Å². The summed E-state index contributed by atoms with van der Waals surface area (Å²) in [4.78, 5) is 35.1. The average Bonchev–Trinajstić information content (AvgIpc) is 3.22. The van der Waals surface area contributed by atoms with Gasteiger partial charge in [0, 0.05) is 30.6 Å². The standard InChI is InChI=1S/C23H28N4O3S/c1-14(2)11-24-21(28)16-7-5-9-27(12-16)23-25-19-18(13-31-20(19)22(29)26-23)15-6-4-8-17(10-15)30-3/h4,6,8,10,13-14,16H,5,7,9,11-12H2,1-3H3,(H,24,28)(H,25,26,29). The van der Waals surface area contributed by atoms with E-state index in [1.54, 1.807) is 7.11 Å². The number of hydrogen-bond donors (Lipinski definition) is 2. The van der Waals surface area contributed by atoms with Gasteiger partial charge in [-0.15, -0.1) is 11.3 Å². The van der Waals surface area contributed by atoms with E-state index in [0.717, 1.165) is 36.3 Å². The molecule has 0 spiro atoms. The number of ether oxygens (including phenoxy) is 1. The van der Waals surface area contributed by atoms with Crippen LogP contribution in [0.25, 0.3) is 21.3 Å². The molecule has 1 atom stereocenters. The number of H-pyrrole nitrogens is 1. The highest BCUT2D eigenvalue weighted by molar-refractivity contribution is 7.17. The number of nitrogens with one attached hydrogen (secondary N) is 2. The molecule has 3 heterocycles. The van der Waals surface area contributed by atoms with Gasteiger partial charge >= 0.3 is 0 Å². The van der Waals surface area contributed by atoms with Gasteiger partial charge in [0.15, 0.2) is 0 Å². The predicted octanol–water partition coefficient (Wildman–Crippen LogP) is 3.65. The third kappa shape index (κ3) is 4.58. The molecule has 1 unspecified atom stereocenters. The number of thiophene rings is 1. The molecule has 1 aromatic carbocycles. The van der Waals surface area contributed by atoms with Crippen LogP contribution in [0.15, 0.2) is 34.4 Å². The summed E-state index contributed by atoms with van der Waals surface area (Å²) in [7, 11) is 1.63. The zero-order chi connectivity index (χ0) is 22.0. The SMILES string of the molecule is COc1cccc(-c2csc3c(=O)[nH]c(N4CCCC(C(=O)NCC(C)C)C4)nc23)c1. The summed E-state index contributed by atoms with van der Waals surface area (Å²) in [6.07, 6.45) is 1.73. The molecule has 0 aliphatic carbocycles. The van der Waals surface area contributed by atoms with Crippen LogP contribution < -0.4 is 20.5 Å². The maximum Gasteiger partial charge on any atom is 0.270 e. The molecule has 4 rings (SSSR count). The molecule has 1 saturated heterocycles. The molecule has 164 valence electrons. The van der Waals surface area contributed by atoms with Crippen molar-refractivity contribution >= 4 is 33.4 Å². The van der Waals surface area contributed by atoms with Crippen LogP contribution in [0.2, 0.25) is 0 Å². The molecule has 7 nitrogen and oxygen atoms in total. The smallest absolute Gasteiger partial charge is 0.270 e. The van der Waals surface area contributed by atoms with Crippen molar-refractivity contribution in [2.45, 2.75) is 26.7 Å². The summed E-state index contributed by atoms with van der Waals surface area (Å²) >= 11 is 1.39. The van der Waals surface area contributed by atoms with E-state index in [-0.39, 0.29) is 17.4 Å². The Balaban J connectivity index is 1.64. The molecular weight excluding hydrogens is 412 g/mol. The summed E-state index contributed by atoms with van der Waals surface area (Å²) in [5.41, 5.74) is 2.41. The fourth-order valence-electron chi connectivity index (χ4n) is 3.89. The summed E-state index contributed by atoms with van der Waals surface area (Å²) in [6.45, 7) is 6.16. The van der Waals surface area contributed by atoms with Crippen molar-refractivity contribution in [1.29, 1.82) is 0 Å². The predicted molar refractivity (Wildman–Crippen MR) is 125 cm³/mol. The molecule has 31 heavy (non-hydrogen) atoms. The Morgan fingerprint density at radius 3 is 3.03 bits per heavy atom. The number of aromatic nitrogens is 2. The third-order valence-electron chi connectivity index (χ3n) is 5.57. The second kappa shape index (κ2) is 9.09. The number of rotatable bonds is 6. The van der Waals surface area contributed by atoms with Gasteiger partial charge in [0.25, 0.3) is 5.56 Å². The molecule has 1 amide bonds. The van der Waals surface area contributed by atoms with Crippen molar-refractivity contribution in [3.05, 3.63) is 40.0 Å². The third-order valence-corrected chi connectivity index (χ3v) is 6.54. The van der Waals surface area contributed by atoms with Crippen molar-refractivity contribution in [3.63, 3.8) is 0 Å². The number of piperidine rings is 1. The van der Waals surface area contributed by atoms with Crippen molar-refractivity contribution in [2.75, 3.05) is 31.6 Å². The number of methoxy groups -OCH3 is 1. The highest BCUT2D eigenvalue weighted by atomic mass is 32.1. The van der Waals surface area contributed by atoms with E-state index >= 15 is 0 Å². The van der Waals surface area contributed by atoms with Crippen LogP contribution in [-0.2, 0) is 4.79 Å². The Morgan fingerprint density at radius 2 is 2.26 bits per heavy atom. The molecule has 8 heteroatoms. The van der Waals surface area contributed by atoms with Gasteiger partial charge in [0.05, 0.1) is 18.5 Å². The number of aromatic amines is 1. The maximum atomic E-state index is 12.8. The molecule has 1 aliphatic rings. The minimum atomic E-state index is -0.148. The van der Waals surface area contributed by atoms with E-state index in [1.807, 2.05) is 34.5 Å². The number of carbonyl (C=O) groups is 1. The Bertz CT molecular complexity index is 1140. The number of fused-ring (bicyclic) bond motifs is 1. The van der Waals surface area contributed by atoms with E-state index in [4.69, 9.17) is 9.72 Å². The van der Waals surface area contributed by atoms with Crippen molar-refractivity contribution in [1.82, 2.24) is 15.3 Å². The van der Waals surface area contributed by atoms with Crippen LogP contribution in [0.5, 0.6) is 5.75 Å². The maximum absolute atomic E-state index is 12.8. The van der Waals surface area contributed by atoms with Crippen LogP contribution in [0, 0.1) is 11.8 Å². The van der Waals surface area contributed by atoms with Gasteiger partial charge in [-0.3, -0.25) is 14.6 Å². The Hall–Kier alpha value is -2.87. The molecule has 0 bridgehead atoms. The highest BCUT2D eigenvalue weighted by Gasteiger charge is 2.27. The summed E-state index contributed by atoms with van der Waals surface area (Å²) in [5.74, 6) is 1.68. The number of amides is 1. The molecule has 1 aliphatic heterocycles. The van der Waals surface area contributed by atoms with Gasteiger partial charge in [-0.1, -0.05) is 26.0 Å².